The summed E-state index contributed by atoms with van der Waals surface area (Å²) in [6, 6.07) is 2.32. The molecule has 0 bridgehead atoms. The lowest BCUT2D eigenvalue weighted by Gasteiger charge is -2.32. The van der Waals surface area contributed by atoms with Crippen LogP contribution in [0.25, 0.3) is 22.3 Å². The minimum Gasteiger partial charge on any atom is -0.458 e. The Morgan fingerprint density at radius 1 is 1.24 bits per heavy atom. The summed E-state index contributed by atoms with van der Waals surface area (Å²) in [7, 11) is 0. The molecular weight excluding hydrogens is 543 g/mol. The zero-order valence-corrected chi connectivity index (χ0v) is 23.6. The van der Waals surface area contributed by atoms with E-state index in [0.29, 0.717) is 48.3 Å². The number of amides is 1. The van der Waals surface area contributed by atoms with Crippen molar-refractivity contribution in [1.82, 2.24) is 19.8 Å². The highest BCUT2D eigenvalue weighted by atomic mass is 19.1. The molecule has 3 aromatic rings. The number of rotatable bonds is 5. The molecule has 3 atom stereocenters. The largest absolute Gasteiger partial charge is 0.458 e. The molecule has 0 radical (unpaired) electrons. The number of fused-ring (bicyclic) bond motifs is 5. The van der Waals surface area contributed by atoms with Gasteiger partial charge in [0.05, 0.1) is 47.7 Å². The molecule has 10 nitrogen and oxygen atoms in total. The Balaban J connectivity index is 1.41. The van der Waals surface area contributed by atoms with Crippen molar-refractivity contribution in [2.75, 3.05) is 19.7 Å². The van der Waals surface area contributed by atoms with Gasteiger partial charge in [0.25, 0.3) is 5.56 Å². The predicted molar refractivity (Wildman–Crippen MR) is 150 cm³/mol. The average molecular weight is 577 g/mol. The van der Waals surface area contributed by atoms with E-state index in [1.54, 1.807) is 24.5 Å². The number of carbonyl (C=O) groups is 2. The first-order chi connectivity index (χ1) is 20.2. The number of aliphatic hydroxyl groups excluding tert-OH is 1. The molecule has 4 aliphatic rings. The van der Waals surface area contributed by atoms with Crippen LogP contribution in [0.2, 0.25) is 0 Å². The normalized spacial score (nSPS) is 24.4. The van der Waals surface area contributed by atoms with Crippen molar-refractivity contribution in [3.05, 3.63) is 61.7 Å². The van der Waals surface area contributed by atoms with Gasteiger partial charge in [-0.15, -0.1) is 0 Å². The van der Waals surface area contributed by atoms with Gasteiger partial charge in [-0.05, 0) is 68.3 Å². The molecule has 3 N–H and O–H groups in total. The number of nitrogens with zero attached hydrogens (tertiary/aromatic N) is 3. The SMILES string of the molecule is CC[C@@]1(O)C(=O)OCc2c1cc1n(c2=O)Cc2c-1nc1cc(F)c(C)c3c1c2[C@@H](NC(=O)C1CCCN1CCO)CC3. The van der Waals surface area contributed by atoms with Crippen LogP contribution in [0.1, 0.15) is 72.0 Å². The van der Waals surface area contributed by atoms with E-state index in [2.05, 4.69) is 5.32 Å². The zero-order valence-electron chi connectivity index (χ0n) is 23.6. The summed E-state index contributed by atoms with van der Waals surface area (Å²) in [6.07, 6.45) is 2.73. The van der Waals surface area contributed by atoms with E-state index in [1.807, 2.05) is 4.90 Å². The van der Waals surface area contributed by atoms with E-state index in [0.717, 1.165) is 35.0 Å². The van der Waals surface area contributed by atoms with Crippen LogP contribution in [-0.4, -0.2) is 62.3 Å². The van der Waals surface area contributed by atoms with Crippen LogP contribution in [0.4, 0.5) is 4.39 Å². The van der Waals surface area contributed by atoms with Crippen LogP contribution in [-0.2, 0) is 39.5 Å². The zero-order chi connectivity index (χ0) is 29.5. The van der Waals surface area contributed by atoms with Crippen molar-refractivity contribution in [2.24, 2.45) is 0 Å². The number of aryl methyl sites for hydroxylation is 1. The second-order valence-corrected chi connectivity index (χ2v) is 11.8. The van der Waals surface area contributed by atoms with Crippen LogP contribution in [0.3, 0.4) is 0 Å². The van der Waals surface area contributed by atoms with Crippen molar-refractivity contribution in [3.63, 3.8) is 0 Å². The lowest BCUT2D eigenvalue weighted by Crippen LogP contribution is -2.46. The third kappa shape index (κ3) is 3.73. The fraction of sp³-hybridized carbons (Fsp3) is 0.484. The van der Waals surface area contributed by atoms with Crippen LogP contribution in [0.15, 0.2) is 16.9 Å². The van der Waals surface area contributed by atoms with Crippen LogP contribution < -0.4 is 10.9 Å². The Morgan fingerprint density at radius 2 is 2.05 bits per heavy atom. The number of cyclic esters (lactones) is 1. The summed E-state index contributed by atoms with van der Waals surface area (Å²) < 4.78 is 21.9. The Labute approximate surface area is 241 Å². The Bertz CT molecular complexity index is 1750. The van der Waals surface area contributed by atoms with Gasteiger partial charge in [-0.1, -0.05) is 6.92 Å². The quantitative estimate of drug-likeness (QED) is 0.308. The van der Waals surface area contributed by atoms with Crippen molar-refractivity contribution in [3.8, 4) is 11.4 Å². The molecule has 42 heavy (non-hydrogen) atoms. The lowest BCUT2D eigenvalue weighted by atomic mass is 9.81. The van der Waals surface area contributed by atoms with E-state index in [4.69, 9.17) is 9.72 Å². The number of hydrogen-bond donors (Lipinski definition) is 3. The summed E-state index contributed by atoms with van der Waals surface area (Å²) in [4.78, 5) is 46.8. The number of esters is 1. The number of pyridine rings is 2. The van der Waals surface area contributed by atoms with Gasteiger partial charge < -0.3 is 24.8 Å². The minimum atomic E-state index is -1.95. The molecule has 0 saturated carbocycles. The number of β-amino-alcohol motifs (C(OH)–C–C–N with tert-alkyl or cyclic N) is 1. The molecule has 3 aliphatic heterocycles. The number of aliphatic hydroxyl groups is 2. The van der Waals surface area contributed by atoms with Crippen molar-refractivity contribution in [2.45, 2.75) is 76.8 Å². The minimum absolute atomic E-state index is 0.0231. The van der Waals surface area contributed by atoms with Crippen molar-refractivity contribution in [1.29, 1.82) is 0 Å². The standard InChI is InChI=1S/C31H33FN4O6/c1-3-31(41)19-11-24-27-17(13-36(24)29(39)18(19)14-42-30(31)40)26-21(34-28(38)23-5-4-8-35(23)9-10-37)7-6-16-15(2)20(32)12-22(33-27)25(16)26/h11-12,21,23,37,41H,3-10,13-14H2,1-2H3,(H,34,38)/t21-,23?,31-/m0/s1. The van der Waals surface area contributed by atoms with Gasteiger partial charge >= 0.3 is 5.97 Å². The maximum Gasteiger partial charge on any atom is 0.343 e. The fourth-order valence-electron chi connectivity index (χ4n) is 7.49. The highest BCUT2D eigenvalue weighted by Gasteiger charge is 2.46. The number of aromatic nitrogens is 2. The number of nitrogens with one attached hydrogen (secondary N) is 1. The fourth-order valence-corrected chi connectivity index (χ4v) is 7.49. The van der Waals surface area contributed by atoms with E-state index < -0.39 is 11.6 Å². The smallest absolute Gasteiger partial charge is 0.343 e. The molecule has 1 unspecified atom stereocenters. The van der Waals surface area contributed by atoms with Crippen molar-refractivity contribution >= 4 is 22.8 Å². The van der Waals surface area contributed by atoms with E-state index in [-0.39, 0.29) is 66.7 Å². The topological polar surface area (TPSA) is 134 Å². The first kappa shape index (κ1) is 27.2. The Morgan fingerprint density at radius 3 is 2.81 bits per heavy atom. The summed E-state index contributed by atoms with van der Waals surface area (Å²) in [6.45, 7) is 4.52. The Hall–Kier alpha value is -3.67. The van der Waals surface area contributed by atoms with Gasteiger partial charge in [-0.25, -0.2) is 14.2 Å². The molecule has 1 aromatic carbocycles. The van der Waals surface area contributed by atoms with Gasteiger partial charge in [0.2, 0.25) is 5.91 Å². The molecule has 1 fully saturated rings. The second-order valence-electron chi connectivity index (χ2n) is 11.8. The van der Waals surface area contributed by atoms with Gasteiger partial charge in [0.1, 0.15) is 12.4 Å². The molecule has 5 heterocycles. The first-order valence-electron chi connectivity index (χ1n) is 14.6. The molecule has 1 aliphatic carbocycles. The second kappa shape index (κ2) is 9.68. The molecule has 7 rings (SSSR count). The van der Waals surface area contributed by atoms with E-state index in [9.17, 15) is 24.6 Å². The van der Waals surface area contributed by atoms with Crippen molar-refractivity contribution < 1.29 is 28.9 Å². The van der Waals surface area contributed by atoms with Crippen LogP contribution in [0.5, 0.6) is 0 Å². The summed E-state index contributed by atoms with van der Waals surface area (Å²) in [5.41, 5.74) is 2.47. The number of likely N-dealkylation sites (tertiary alicyclic amines) is 1. The number of benzene rings is 1. The number of carbonyl (C=O) groups excluding carboxylic acids is 2. The molecule has 2 aromatic heterocycles. The van der Waals surface area contributed by atoms with Crippen LogP contribution in [0, 0.1) is 12.7 Å². The molecule has 11 heteroatoms. The Kier molecular flexibility index (Phi) is 6.27. The molecule has 220 valence electrons. The predicted octanol–water partition coefficient (Wildman–Crippen LogP) is 2.09. The maximum atomic E-state index is 15.1. The maximum absolute atomic E-state index is 15.1. The number of ether oxygens (including phenoxy) is 1. The number of halogens is 1. The molecule has 0 spiro atoms. The average Bonchev–Trinajstić information content (AvgIpc) is 3.59. The van der Waals surface area contributed by atoms with E-state index >= 15 is 4.39 Å². The third-order valence-electron chi connectivity index (χ3n) is 9.75. The highest BCUT2D eigenvalue weighted by Crippen LogP contribution is 2.46. The molecular formula is C31H33FN4O6. The third-order valence-corrected chi connectivity index (χ3v) is 9.75. The highest BCUT2D eigenvalue weighted by molar-refractivity contribution is 5.94. The summed E-state index contributed by atoms with van der Waals surface area (Å²) in [5, 5.41) is 24.8. The first-order valence-corrected chi connectivity index (χ1v) is 14.6. The van der Waals surface area contributed by atoms with Gasteiger partial charge in [-0.2, -0.15) is 0 Å². The molecule has 1 saturated heterocycles. The van der Waals surface area contributed by atoms with Gasteiger partial charge in [0, 0.05) is 29.1 Å². The molecule has 1 amide bonds. The summed E-state index contributed by atoms with van der Waals surface area (Å²) >= 11 is 0. The number of hydrogen-bond acceptors (Lipinski definition) is 8. The summed E-state index contributed by atoms with van der Waals surface area (Å²) in [5.74, 6) is -1.28. The monoisotopic (exact) mass is 576 g/mol. The van der Waals surface area contributed by atoms with E-state index in [1.165, 1.54) is 6.07 Å². The lowest BCUT2D eigenvalue weighted by molar-refractivity contribution is -0.172. The van der Waals surface area contributed by atoms with Crippen LogP contribution >= 0.6 is 0 Å². The van der Waals surface area contributed by atoms with Gasteiger partial charge in [0.15, 0.2) is 5.60 Å². The van der Waals surface area contributed by atoms with Gasteiger partial charge in [-0.3, -0.25) is 14.5 Å².